The van der Waals surface area contributed by atoms with Crippen LogP contribution in [0.15, 0.2) is 18.2 Å². The summed E-state index contributed by atoms with van der Waals surface area (Å²) in [5, 5.41) is 0. The predicted molar refractivity (Wildman–Crippen MR) is 75.7 cm³/mol. The monoisotopic (exact) mass is 247 g/mol. The van der Waals surface area contributed by atoms with Gasteiger partial charge in [0.25, 0.3) is 0 Å². The van der Waals surface area contributed by atoms with Crippen LogP contribution in [-0.4, -0.2) is 18.8 Å². The van der Waals surface area contributed by atoms with Crippen LogP contribution in [0.5, 0.6) is 0 Å². The highest BCUT2D eigenvalue weighted by Crippen LogP contribution is 2.27. The molecule has 1 aromatic carbocycles. The summed E-state index contributed by atoms with van der Waals surface area (Å²) in [7, 11) is 0. The summed E-state index contributed by atoms with van der Waals surface area (Å²) in [6, 6.07) is 6.85. The van der Waals surface area contributed by atoms with E-state index in [0.717, 1.165) is 25.9 Å². The average Bonchev–Trinajstić information content (AvgIpc) is 2.82. The number of aryl methyl sites for hydroxylation is 2. The van der Waals surface area contributed by atoms with Crippen LogP contribution in [0.1, 0.15) is 36.5 Å². The average molecular weight is 247 g/mol. The van der Waals surface area contributed by atoms with Crippen LogP contribution in [0.2, 0.25) is 0 Å². The van der Waals surface area contributed by atoms with Gasteiger partial charge in [-0.1, -0.05) is 30.7 Å². The molecule has 3 atom stereocenters. The molecule has 1 heterocycles. The van der Waals surface area contributed by atoms with E-state index in [1.807, 2.05) is 0 Å². The summed E-state index contributed by atoms with van der Waals surface area (Å²) in [4.78, 5) is 0. The fourth-order valence-electron chi connectivity index (χ4n) is 3.00. The number of hydrogen-bond acceptors (Lipinski definition) is 2. The maximum absolute atomic E-state index is 6.42. The highest BCUT2D eigenvalue weighted by molar-refractivity contribution is 5.31. The summed E-state index contributed by atoms with van der Waals surface area (Å²) in [6.07, 6.45) is 3.53. The molecular formula is C16H25NO. The normalized spacial score (nSPS) is 25.3. The Balaban J connectivity index is 2.06. The Morgan fingerprint density at radius 2 is 2.17 bits per heavy atom. The van der Waals surface area contributed by atoms with E-state index >= 15 is 0 Å². The van der Waals surface area contributed by atoms with E-state index in [-0.39, 0.29) is 6.04 Å². The molecule has 18 heavy (non-hydrogen) atoms. The minimum absolute atomic E-state index is 0.220. The van der Waals surface area contributed by atoms with Gasteiger partial charge in [0.15, 0.2) is 0 Å². The van der Waals surface area contributed by atoms with E-state index < -0.39 is 0 Å². The second kappa shape index (κ2) is 5.85. The van der Waals surface area contributed by atoms with Crippen molar-refractivity contribution in [3.8, 4) is 0 Å². The zero-order valence-corrected chi connectivity index (χ0v) is 11.8. The van der Waals surface area contributed by atoms with Crippen molar-refractivity contribution in [3.63, 3.8) is 0 Å². The van der Waals surface area contributed by atoms with Crippen molar-refractivity contribution in [3.05, 3.63) is 34.9 Å². The van der Waals surface area contributed by atoms with Crippen molar-refractivity contribution in [1.29, 1.82) is 0 Å². The highest BCUT2D eigenvalue weighted by Gasteiger charge is 2.31. The van der Waals surface area contributed by atoms with Crippen molar-refractivity contribution in [2.75, 3.05) is 6.61 Å². The van der Waals surface area contributed by atoms with E-state index in [1.54, 1.807) is 0 Å². The van der Waals surface area contributed by atoms with Crippen LogP contribution in [0.3, 0.4) is 0 Å². The first-order valence-electron chi connectivity index (χ1n) is 7.05. The standard InChI is InChI=1S/C16H25NO/c1-4-16-14(7-8-18-16)15(17)10-13-9-11(2)5-6-12(13)3/h5-6,9,14-16H,4,7-8,10,17H2,1-3H3. The van der Waals surface area contributed by atoms with Crippen molar-refractivity contribution in [2.24, 2.45) is 11.7 Å². The van der Waals surface area contributed by atoms with Gasteiger partial charge in [-0.3, -0.25) is 0 Å². The molecule has 0 bridgehead atoms. The molecule has 3 unspecified atom stereocenters. The second-order valence-corrected chi connectivity index (χ2v) is 5.57. The summed E-state index contributed by atoms with van der Waals surface area (Å²) in [6.45, 7) is 7.38. The third-order valence-corrected chi connectivity index (χ3v) is 4.17. The lowest BCUT2D eigenvalue weighted by Gasteiger charge is -2.24. The van der Waals surface area contributed by atoms with Crippen LogP contribution in [0.4, 0.5) is 0 Å². The van der Waals surface area contributed by atoms with Crippen molar-refractivity contribution in [1.82, 2.24) is 0 Å². The van der Waals surface area contributed by atoms with Crippen molar-refractivity contribution in [2.45, 2.75) is 52.2 Å². The lowest BCUT2D eigenvalue weighted by molar-refractivity contribution is 0.0814. The van der Waals surface area contributed by atoms with Gasteiger partial charge in [0, 0.05) is 18.6 Å². The number of hydrogen-bond donors (Lipinski definition) is 1. The first-order valence-corrected chi connectivity index (χ1v) is 7.05. The number of rotatable bonds is 4. The number of benzene rings is 1. The molecule has 2 heteroatoms. The molecule has 2 nitrogen and oxygen atoms in total. The lowest BCUT2D eigenvalue weighted by atomic mass is 9.86. The first-order chi connectivity index (χ1) is 8.61. The molecular weight excluding hydrogens is 222 g/mol. The Hall–Kier alpha value is -0.860. The molecule has 0 amide bonds. The minimum Gasteiger partial charge on any atom is -0.378 e. The molecule has 1 aromatic rings. The number of nitrogens with two attached hydrogens (primary N) is 1. The highest BCUT2D eigenvalue weighted by atomic mass is 16.5. The van der Waals surface area contributed by atoms with Crippen LogP contribution >= 0.6 is 0 Å². The van der Waals surface area contributed by atoms with Gasteiger partial charge < -0.3 is 10.5 Å². The summed E-state index contributed by atoms with van der Waals surface area (Å²) in [5.74, 6) is 0.523. The minimum atomic E-state index is 0.220. The molecule has 1 saturated heterocycles. The molecule has 1 fully saturated rings. The molecule has 1 aliphatic rings. The van der Waals surface area contributed by atoms with Crippen LogP contribution in [0, 0.1) is 19.8 Å². The predicted octanol–water partition coefficient (Wildman–Crippen LogP) is 2.99. The third kappa shape index (κ3) is 2.93. The SMILES string of the molecule is CCC1OCCC1C(N)Cc1cc(C)ccc1C. The molecule has 0 aromatic heterocycles. The summed E-state index contributed by atoms with van der Waals surface area (Å²) >= 11 is 0. The zero-order chi connectivity index (χ0) is 13.1. The van der Waals surface area contributed by atoms with E-state index in [1.165, 1.54) is 16.7 Å². The molecule has 0 aliphatic carbocycles. The molecule has 2 N–H and O–H groups in total. The van der Waals surface area contributed by atoms with Crippen molar-refractivity contribution >= 4 is 0 Å². The Bertz CT molecular complexity index is 402. The molecule has 0 saturated carbocycles. The molecule has 0 radical (unpaired) electrons. The van der Waals surface area contributed by atoms with E-state index in [0.29, 0.717) is 12.0 Å². The van der Waals surface area contributed by atoms with Crippen molar-refractivity contribution < 1.29 is 4.74 Å². The lowest BCUT2D eigenvalue weighted by Crippen LogP contribution is -2.37. The van der Waals surface area contributed by atoms with Gasteiger partial charge in [0.1, 0.15) is 0 Å². The Labute approximate surface area is 111 Å². The van der Waals surface area contributed by atoms with E-state index in [4.69, 9.17) is 10.5 Å². The van der Waals surface area contributed by atoms with Gasteiger partial charge in [0.05, 0.1) is 6.10 Å². The molecule has 100 valence electrons. The van der Waals surface area contributed by atoms with Crippen LogP contribution < -0.4 is 5.73 Å². The number of ether oxygens (including phenoxy) is 1. The second-order valence-electron chi connectivity index (χ2n) is 5.57. The fraction of sp³-hybridized carbons (Fsp3) is 0.625. The molecule has 0 spiro atoms. The Morgan fingerprint density at radius 1 is 1.39 bits per heavy atom. The maximum Gasteiger partial charge on any atom is 0.0616 e. The van der Waals surface area contributed by atoms with Gasteiger partial charge in [0.2, 0.25) is 0 Å². The smallest absolute Gasteiger partial charge is 0.0616 e. The van der Waals surface area contributed by atoms with Gasteiger partial charge in [-0.15, -0.1) is 0 Å². The Kier molecular flexibility index (Phi) is 4.41. The molecule has 2 rings (SSSR count). The van der Waals surface area contributed by atoms with Gasteiger partial charge in [-0.2, -0.15) is 0 Å². The zero-order valence-electron chi connectivity index (χ0n) is 11.8. The maximum atomic E-state index is 6.42. The van der Waals surface area contributed by atoms with Crippen LogP contribution in [-0.2, 0) is 11.2 Å². The van der Waals surface area contributed by atoms with E-state index in [9.17, 15) is 0 Å². The first kappa shape index (κ1) is 13.6. The summed E-state index contributed by atoms with van der Waals surface area (Å²) in [5.41, 5.74) is 10.5. The summed E-state index contributed by atoms with van der Waals surface area (Å²) < 4.78 is 5.75. The van der Waals surface area contributed by atoms with Crippen LogP contribution in [0.25, 0.3) is 0 Å². The molecule has 1 aliphatic heterocycles. The third-order valence-electron chi connectivity index (χ3n) is 4.17. The van der Waals surface area contributed by atoms with E-state index in [2.05, 4.69) is 39.0 Å². The van der Waals surface area contributed by atoms with Gasteiger partial charge in [-0.05, 0) is 44.2 Å². The van der Waals surface area contributed by atoms with Gasteiger partial charge in [-0.25, -0.2) is 0 Å². The fourth-order valence-corrected chi connectivity index (χ4v) is 3.00. The Morgan fingerprint density at radius 3 is 2.89 bits per heavy atom. The van der Waals surface area contributed by atoms with Gasteiger partial charge >= 0.3 is 0 Å². The topological polar surface area (TPSA) is 35.2 Å². The largest absolute Gasteiger partial charge is 0.378 e. The quantitative estimate of drug-likeness (QED) is 0.887.